The third kappa shape index (κ3) is 3.18. The second-order valence-electron chi connectivity index (χ2n) is 11.3. The zero-order valence-electron chi connectivity index (χ0n) is 22.2. The van der Waals surface area contributed by atoms with Crippen LogP contribution in [0.2, 0.25) is 0 Å². The number of benzene rings is 7. The summed E-state index contributed by atoms with van der Waals surface area (Å²) in [6.07, 6.45) is 0. The maximum Gasteiger partial charge on any atom is 0.0159 e. The third-order valence-corrected chi connectivity index (χ3v) is 8.83. The summed E-state index contributed by atoms with van der Waals surface area (Å²) >= 11 is 0. The van der Waals surface area contributed by atoms with Crippen molar-refractivity contribution in [1.82, 2.24) is 0 Å². The highest BCUT2D eigenvalue weighted by atomic mass is 14.4. The van der Waals surface area contributed by atoms with Crippen LogP contribution in [0.4, 0.5) is 0 Å². The van der Waals surface area contributed by atoms with E-state index in [1.54, 1.807) is 0 Å². The van der Waals surface area contributed by atoms with Gasteiger partial charge in [0.25, 0.3) is 0 Å². The first kappa shape index (κ1) is 22.3. The van der Waals surface area contributed by atoms with Crippen LogP contribution in [0.15, 0.2) is 133 Å². The average molecular weight is 497 g/mol. The maximum absolute atomic E-state index is 2.45. The largest absolute Gasteiger partial charge is 0.0622 e. The van der Waals surface area contributed by atoms with E-state index in [9.17, 15) is 0 Å². The van der Waals surface area contributed by atoms with Gasteiger partial charge in [-0.3, -0.25) is 0 Å². The molecule has 0 spiro atoms. The minimum absolute atomic E-state index is 0.134. The lowest BCUT2D eigenvalue weighted by Crippen LogP contribution is -2.24. The van der Waals surface area contributed by atoms with E-state index in [1.807, 2.05) is 0 Å². The van der Waals surface area contributed by atoms with E-state index in [4.69, 9.17) is 0 Å². The van der Waals surface area contributed by atoms with Gasteiger partial charge in [0.1, 0.15) is 0 Å². The maximum atomic E-state index is 2.45. The normalized spacial score (nSPS) is 13.6. The van der Waals surface area contributed by atoms with E-state index in [0.29, 0.717) is 0 Å². The van der Waals surface area contributed by atoms with Crippen LogP contribution in [0, 0.1) is 0 Å². The van der Waals surface area contributed by atoms with Crippen LogP contribution in [-0.2, 0) is 5.41 Å². The van der Waals surface area contributed by atoms with E-state index in [2.05, 4.69) is 147 Å². The smallest absolute Gasteiger partial charge is 0.0159 e. The molecule has 0 unspecified atom stereocenters. The number of fused-ring (bicyclic) bond motifs is 5. The SMILES string of the molecule is CC1(C)c2cc(-c3ccc4ccccc4c3)ccc2-c2c3ccccc3c(-c3ccccc3)c3cccc1c23. The van der Waals surface area contributed by atoms with Gasteiger partial charge in [-0.2, -0.15) is 0 Å². The molecule has 1 aliphatic carbocycles. The first-order valence-corrected chi connectivity index (χ1v) is 13.8. The fourth-order valence-corrected chi connectivity index (χ4v) is 6.92. The summed E-state index contributed by atoms with van der Waals surface area (Å²) in [6.45, 7) is 4.79. The summed E-state index contributed by atoms with van der Waals surface area (Å²) < 4.78 is 0. The Morgan fingerprint density at radius 3 is 1.87 bits per heavy atom. The molecular formula is C39H28. The van der Waals surface area contributed by atoms with Crippen molar-refractivity contribution in [3.63, 3.8) is 0 Å². The average Bonchev–Trinajstić information content (AvgIpc) is 2.99. The zero-order valence-corrected chi connectivity index (χ0v) is 22.2. The highest BCUT2D eigenvalue weighted by Gasteiger charge is 2.35. The minimum atomic E-state index is -0.134. The van der Waals surface area contributed by atoms with E-state index in [-0.39, 0.29) is 5.41 Å². The summed E-state index contributed by atoms with van der Waals surface area (Å²) in [5.74, 6) is 0. The number of hydrogen-bond donors (Lipinski definition) is 0. The Labute approximate surface area is 229 Å². The van der Waals surface area contributed by atoms with Crippen molar-refractivity contribution in [3.8, 4) is 33.4 Å². The van der Waals surface area contributed by atoms with Crippen molar-refractivity contribution in [1.29, 1.82) is 0 Å². The molecule has 7 aromatic rings. The van der Waals surface area contributed by atoms with Gasteiger partial charge in [0.15, 0.2) is 0 Å². The lowest BCUT2D eigenvalue weighted by atomic mass is 9.66. The molecule has 0 aromatic heterocycles. The Balaban J connectivity index is 1.46. The van der Waals surface area contributed by atoms with E-state index >= 15 is 0 Å². The Morgan fingerprint density at radius 1 is 0.410 bits per heavy atom. The second-order valence-corrected chi connectivity index (χ2v) is 11.3. The van der Waals surface area contributed by atoms with Crippen molar-refractivity contribution in [3.05, 3.63) is 145 Å². The molecule has 0 radical (unpaired) electrons. The zero-order chi connectivity index (χ0) is 26.1. The van der Waals surface area contributed by atoms with Gasteiger partial charge in [0.2, 0.25) is 0 Å². The topological polar surface area (TPSA) is 0 Å². The fourth-order valence-electron chi connectivity index (χ4n) is 6.92. The Hall–Kier alpha value is -4.68. The molecule has 0 N–H and O–H groups in total. The molecule has 0 amide bonds. The van der Waals surface area contributed by atoms with E-state index in [1.165, 1.54) is 76.8 Å². The highest BCUT2D eigenvalue weighted by molar-refractivity contribution is 6.23. The molecule has 0 bridgehead atoms. The monoisotopic (exact) mass is 496 g/mol. The Morgan fingerprint density at radius 2 is 1.05 bits per heavy atom. The van der Waals surface area contributed by atoms with Gasteiger partial charge in [0.05, 0.1) is 0 Å². The lowest BCUT2D eigenvalue weighted by molar-refractivity contribution is 0.646. The Bertz CT molecular complexity index is 2080. The van der Waals surface area contributed by atoms with Crippen molar-refractivity contribution in [2.24, 2.45) is 0 Å². The summed E-state index contributed by atoms with van der Waals surface area (Å²) in [5.41, 5.74) is 10.5. The second kappa shape index (κ2) is 8.16. The molecule has 1 aliphatic rings. The molecule has 0 saturated heterocycles. The molecule has 39 heavy (non-hydrogen) atoms. The van der Waals surface area contributed by atoms with Crippen molar-refractivity contribution in [2.45, 2.75) is 19.3 Å². The van der Waals surface area contributed by atoms with E-state index < -0.39 is 0 Å². The first-order valence-electron chi connectivity index (χ1n) is 13.8. The molecule has 0 atom stereocenters. The summed E-state index contributed by atoms with van der Waals surface area (Å²) in [7, 11) is 0. The van der Waals surface area contributed by atoms with Crippen LogP contribution in [0.3, 0.4) is 0 Å². The van der Waals surface area contributed by atoms with Crippen LogP contribution in [-0.4, -0.2) is 0 Å². The summed E-state index contributed by atoms with van der Waals surface area (Å²) in [5, 5.41) is 7.93. The van der Waals surface area contributed by atoms with Crippen LogP contribution in [0.25, 0.3) is 65.7 Å². The molecule has 0 heterocycles. The predicted octanol–water partition coefficient (Wildman–Crippen LogP) is 10.8. The van der Waals surface area contributed by atoms with Crippen LogP contribution >= 0.6 is 0 Å². The molecule has 0 aliphatic heterocycles. The lowest BCUT2D eigenvalue weighted by Gasteiger charge is -2.36. The molecule has 0 heteroatoms. The predicted molar refractivity (Wildman–Crippen MR) is 167 cm³/mol. The van der Waals surface area contributed by atoms with Gasteiger partial charge in [-0.1, -0.05) is 135 Å². The van der Waals surface area contributed by atoms with Gasteiger partial charge in [-0.25, -0.2) is 0 Å². The van der Waals surface area contributed by atoms with Gasteiger partial charge < -0.3 is 0 Å². The van der Waals surface area contributed by atoms with Gasteiger partial charge in [0, 0.05) is 5.41 Å². The van der Waals surface area contributed by atoms with Gasteiger partial charge >= 0.3 is 0 Å². The number of hydrogen-bond acceptors (Lipinski definition) is 0. The fraction of sp³-hybridized carbons (Fsp3) is 0.0769. The standard InChI is InChI=1S/C39H28/c1-39(2)34-18-10-17-33-36(26-12-4-3-5-13-26)30-15-8-9-16-31(30)37(38(33)34)32-22-21-29(24-35(32)39)28-20-19-25-11-6-7-14-27(25)23-28/h3-24H,1-2H3. The Kier molecular flexibility index (Phi) is 4.67. The van der Waals surface area contributed by atoms with Gasteiger partial charge in [-0.15, -0.1) is 0 Å². The first-order chi connectivity index (χ1) is 19.1. The van der Waals surface area contributed by atoms with Crippen LogP contribution in [0.1, 0.15) is 25.0 Å². The molecule has 184 valence electrons. The minimum Gasteiger partial charge on any atom is -0.0622 e. The molecule has 0 saturated carbocycles. The third-order valence-electron chi connectivity index (χ3n) is 8.83. The van der Waals surface area contributed by atoms with Gasteiger partial charge in [-0.05, 0) is 89.0 Å². The van der Waals surface area contributed by atoms with Crippen molar-refractivity contribution >= 4 is 32.3 Å². The summed E-state index contributed by atoms with van der Waals surface area (Å²) in [4.78, 5) is 0. The van der Waals surface area contributed by atoms with Crippen LogP contribution < -0.4 is 0 Å². The highest BCUT2D eigenvalue weighted by Crippen LogP contribution is 2.54. The van der Waals surface area contributed by atoms with Crippen molar-refractivity contribution < 1.29 is 0 Å². The molecule has 7 aromatic carbocycles. The van der Waals surface area contributed by atoms with Crippen LogP contribution in [0.5, 0.6) is 0 Å². The molecule has 8 rings (SSSR count). The molecule has 0 fully saturated rings. The molecular weight excluding hydrogens is 468 g/mol. The summed E-state index contributed by atoms with van der Waals surface area (Å²) in [6, 6.07) is 49.3. The van der Waals surface area contributed by atoms with Crippen molar-refractivity contribution in [2.75, 3.05) is 0 Å². The quantitative estimate of drug-likeness (QED) is 0.209. The number of rotatable bonds is 2. The van der Waals surface area contributed by atoms with E-state index in [0.717, 1.165) is 0 Å². The molecule has 0 nitrogen and oxygen atoms in total.